The number of ether oxygens (including phenoxy) is 1. The van der Waals surface area contributed by atoms with E-state index in [2.05, 4.69) is 24.9 Å². The number of phosphoric acid groups is 2. The fraction of sp³-hybridized carbons (Fsp3) is 0.688. The summed E-state index contributed by atoms with van der Waals surface area (Å²) in [5, 5.41) is 20.5. The van der Waals surface area contributed by atoms with Crippen LogP contribution in [0.15, 0.2) is 29.4 Å². The molecule has 13 nitrogen and oxygen atoms in total. The Morgan fingerprint density at radius 1 is 1.19 bits per heavy atom. The van der Waals surface area contributed by atoms with Crippen LogP contribution in [-0.2, 0) is 27.2 Å². The van der Waals surface area contributed by atoms with E-state index in [1.165, 1.54) is 6.08 Å². The molecule has 0 radical (unpaired) electrons. The van der Waals surface area contributed by atoms with Gasteiger partial charge in [-0.2, -0.15) is 4.31 Å². The van der Waals surface area contributed by atoms with Crippen LogP contribution in [0.25, 0.3) is 0 Å². The maximum Gasteiger partial charge on any atom is 0.481 e. The standard InChI is InChI=1S/C16H29N3O10P2/c1-10-11(5-6-13(17)18-10)16-15(21)14(20)12(28-16)9-27-31(24,25)29-30(22,23)26-8-7-19(2,3)4/h5-6,11-12,14-16,20-21H,1,7-9H2,2-4H3,(H3-,17,18,22,23,24,25)/p+1/t11?,12-,14+,15?,16+/m1/s1. The zero-order valence-electron chi connectivity index (χ0n) is 17.5. The van der Waals surface area contributed by atoms with Crippen molar-refractivity contribution in [1.29, 1.82) is 0 Å². The normalized spacial score (nSPS) is 33.1. The summed E-state index contributed by atoms with van der Waals surface area (Å²) in [5.41, 5.74) is 5.88. The minimum absolute atomic E-state index is 0.207. The van der Waals surface area contributed by atoms with Crippen LogP contribution in [0.4, 0.5) is 0 Å². The summed E-state index contributed by atoms with van der Waals surface area (Å²) in [4.78, 5) is 23.4. The summed E-state index contributed by atoms with van der Waals surface area (Å²) in [6.07, 6.45) is -1.95. The summed E-state index contributed by atoms with van der Waals surface area (Å²) in [6, 6.07) is 0. The van der Waals surface area contributed by atoms with Gasteiger partial charge in [0.05, 0.1) is 33.9 Å². The molecule has 15 heteroatoms. The Bertz CT molecular complexity index is 827. The summed E-state index contributed by atoms with van der Waals surface area (Å²) < 4.78 is 43.5. The summed E-state index contributed by atoms with van der Waals surface area (Å²) in [5.74, 6) is -0.365. The lowest BCUT2D eigenvalue weighted by Gasteiger charge is -2.25. The van der Waals surface area contributed by atoms with Gasteiger partial charge in [-0.3, -0.25) is 9.05 Å². The molecule has 4 unspecified atom stereocenters. The molecule has 2 heterocycles. The van der Waals surface area contributed by atoms with Crippen molar-refractivity contribution in [3.8, 4) is 0 Å². The lowest BCUT2D eigenvalue weighted by molar-refractivity contribution is -0.870. The Labute approximate surface area is 180 Å². The van der Waals surface area contributed by atoms with E-state index in [0.717, 1.165) is 0 Å². The second-order valence-corrected chi connectivity index (χ2v) is 11.2. The fourth-order valence-corrected chi connectivity index (χ4v) is 4.95. The highest BCUT2D eigenvalue weighted by atomic mass is 31.3. The van der Waals surface area contributed by atoms with Crippen molar-refractivity contribution in [3.63, 3.8) is 0 Å². The second-order valence-electron chi connectivity index (χ2n) is 8.19. The van der Waals surface area contributed by atoms with Gasteiger partial charge in [0.2, 0.25) is 0 Å². The monoisotopic (exact) mass is 486 g/mol. The van der Waals surface area contributed by atoms with Crippen LogP contribution in [0.5, 0.6) is 0 Å². The van der Waals surface area contributed by atoms with Gasteiger partial charge >= 0.3 is 15.6 Å². The van der Waals surface area contributed by atoms with Crippen molar-refractivity contribution in [2.75, 3.05) is 40.9 Å². The maximum atomic E-state index is 12.0. The van der Waals surface area contributed by atoms with Gasteiger partial charge < -0.3 is 35.0 Å². The molecule has 0 aromatic carbocycles. The largest absolute Gasteiger partial charge is 0.481 e. The summed E-state index contributed by atoms with van der Waals surface area (Å²) >= 11 is 0. The highest BCUT2D eigenvalue weighted by molar-refractivity contribution is 7.61. The quantitative estimate of drug-likeness (QED) is 0.197. The third-order valence-corrected chi connectivity index (χ3v) is 7.15. The van der Waals surface area contributed by atoms with Crippen LogP contribution in [0.1, 0.15) is 0 Å². The number of dihydropyridines is 1. The molecule has 1 saturated heterocycles. The molecule has 0 bridgehead atoms. The molecule has 0 aromatic heterocycles. The molecule has 0 spiro atoms. The predicted octanol–water partition coefficient (Wildman–Crippen LogP) is -0.511. The predicted molar refractivity (Wildman–Crippen MR) is 110 cm³/mol. The van der Waals surface area contributed by atoms with Gasteiger partial charge in [-0.1, -0.05) is 12.7 Å². The molecule has 0 saturated carbocycles. The van der Waals surface area contributed by atoms with Crippen LogP contribution < -0.4 is 5.73 Å². The lowest BCUT2D eigenvalue weighted by Crippen LogP contribution is -2.37. The minimum Gasteiger partial charge on any atom is -0.388 e. The van der Waals surface area contributed by atoms with E-state index in [1.54, 1.807) is 6.08 Å². The van der Waals surface area contributed by atoms with Crippen molar-refractivity contribution in [2.45, 2.75) is 24.4 Å². The zero-order chi connectivity index (χ0) is 23.6. The molecule has 31 heavy (non-hydrogen) atoms. The van der Waals surface area contributed by atoms with Gasteiger partial charge in [0.15, 0.2) is 0 Å². The van der Waals surface area contributed by atoms with E-state index >= 15 is 0 Å². The van der Waals surface area contributed by atoms with E-state index in [-0.39, 0.29) is 12.4 Å². The maximum absolute atomic E-state index is 12.0. The van der Waals surface area contributed by atoms with Crippen LogP contribution in [0.2, 0.25) is 0 Å². The average molecular weight is 486 g/mol. The summed E-state index contributed by atoms with van der Waals surface area (Å²) in [7, 11) is -4.48. The number of amidine groups is 1. The third-order valence-electron chi connectivity index (χ3n) is 4.51. The van der Waals surface area contributed by atoms with Crippen LogP contribution in [-0.4, -0.2) is 95.6 Å². The van der Waals surface area contributed by atoms with E-state index in [0.29, 0.717) is 16.7 Å². The number of rotatable bonds is 10. The number of aliphatic hydroxyl groups is 2. The Hall–Kier alpha value is -0.950. The molecule has 2 aliphatic heterocycles. The van der Waals surface area contributed by atoms with Crippen molar-refractivity contribution in [1.82, 2.24) is 0 Å². The molecule has 0 aromatic rings. The van der Waals surface area contributed by atoms with Gasteiger partial charge in [-0.25, -0.2) is 14.1 Å². The van der Waals surface area contributed by atoms with E-state index in [4.69, 9.17) is 10.5 Å². The average Bonchev–Trinajstić information content (AvgIpc) is 2.86. The van der Waals surface area contributed by atoms with Crippen molar-refractivity contribution in [3.05, 3.63) is 24.4 Å². The van der Waals surface area contributed by atoms with Crippen molar-refractivity contribution >= 4 is 21.5 Å². The molecule has 2 rings (SSSR count). The molecule has 1 fully saturated rings. The first-order chi connectivity index (χ1) is 14.1. The summed E-state index contributed by atoms with van der Waals surface area (Å²) in [6.45, 7) is 3.16. The van der Waals surface area contributed by atoms with E-state index in [1.807, 2.05) is 21.1 Å². The van der Waals surface area contributed by atoms with Crippen LogP contribution >= 0.6 is 15.6 Å². The molecular weight excluding hydrogens is 456 g/mol. The zero-order valence-corrected chi connectivity index (χ0v) is 19.3. The van der Waals surface area contributed by atoms with Gasteiger partial charge in [-0.05, 0) is 6.08 Å². The first-order valence-electron chi connectivity index (χ1n) is 9.29. The minimum atomic E-state index is -5.05. The Balaban J connectivity index is 1.91. The molecule has 6 N–H and O–H groups in total. The number of phosphoric ester groups is 2. The van der Waals surface area contributed by atoms with Gasteiger partial charge in [-0.15, -0.1) is 0 Å². The molecule has 7 atom stereocenters. The van der Waals surface area contributed by atoms with Crippen LogP contribution in [0, 0.1) is 5.92 Å². The topological polar surface area (TPSA) is 190 Å². The van der Waals surface area contributed by atoms with E-state index < -0.39 is 52.6 Å². The van der Waals surface area contributed by atoms with Crippen molar-refractivity contribution in [2.24, 2.45) is 16.6 Å². The first-order valence-corrected chi connectivity index (χ1v) is 12.3. The highest BCUT2D eigenvalue weighted by Gasteiger charge is 2.48. The molecule has 2 aliphatic rings. The second kappa shape index (κ2) is 9.90. The number of hydrogen-bond donors (Lipinski definition) is 5. The SMILES string of the molecule is C=C1N=C(N)C=CC1[C@@H]1O[C@H](COP(=O)(O)OP(=O)(O)OCC[N+](C)(C)C)[C@H](O)C1O. The molecular formula is C16H30N3O10P2+. The van der Waals surface area contributed by atoms with Crippen LogP contribution in [0.3, 0.4) is 0 Å². The number of nitrogens with zero attached hydrogens (tertiary/aromatic N) is 2. The number of quaternary nitrogens is 1. The highest BCUT2D eigenvalue weighted by Crippen LogP contribution is 2.60. The Morgan fingerprint density at radius 3 is 2.39 bits per heavy atom. The number of aliphatic hydroxyl groups excluding tert-OH is 2. The van der Waals surface area contributed by atoms with Gasteiger partial charge in [0, 0.05) is 11.6 Å². The van der Waals surface area contributed by atoms with Gasteiger partial charge in [0.1, 0.15) is 37.3 Å². The number of hydrogen-bond acceptors (Lipinski definition) is 10. The first kappa shape index (κ1) is 26.3. The third kappa shape index (κ3) is 7.85. The molecule has 178 valence electrons. The smallest absolute Gasteiger partial charge is 0.388 e. The number of aliphatic imine (C=N–C) groups is 1. The van der Waals surface area contributed by atoms with Gasteiger partial charge in [0.25, 0.3) is 0 Å². The Morgan fingerprint density at radius 2 is 1.81 bits per heavy atom. The lowest BCUT2D eigenvalue weighted by atomic mass is 9.92. The fourth-order valence-electron chi connectivity index (χ4n) is 2.88. The number of likely N-dealkylation sites (N-methyl/N-ethyl adjacent to an activating group) is 1. The molecule has 0 amide bonds. The Kier molecular flexibility index (Phi) is 8.40. The van der Waals surface area contributed by atoms with E-state index in [9.17, 15) is 29.1 Å². The number of nitrogens with two attached hydrogens (primary N) is 1. The van der Waals surface area contributed by atoms with Crippen molar-refractivity contribution < 1.29 is 51.7 Å². The molecule has 0 aliphatic carbocycles.